The van der Waals surface area contributed by atoms with Gasteiger partial charge in [0, 0.05) is 15.6 Å². The molecular formula is C28H26Cl2N2O4S. The quantitative estimate of drug-likeness (QED) is 0.231. The van der Waals surface area contributed by atoms with Gasteiger partial charge >= 0.3 is 5.97 Å². The van der Waals surface area contributed by atoms with Crippen LogP contribution in [0.2, 0.25) is 10.0 Å². The molecule has 1 aliphatic rings. The molecule has 0 saturated heterocycles. The van der Waals surface area contributed by atoms with Crippen LogP contribution in [0.3, 0.4) is 0 Å². The summed E-state index contributed by atoms with van der Waals surface area (Å²) in [5.74, 6) is 0.628. The molecule has 0 bridgehead atoms. The highest BCUT2D eigenvalue weighted by Gasteiger charge is 2.33. The second-order valence-electron chi connectivity index (χ2n) is 8.07. The van der Waals surface area contributed by atoms with Crippen molar-refractivity contribution in [1.29, 1.82) is 0 Å². The molecule has 0 spiro atoms. The highest BCUT2D eigenvalue weighted by atomic mass is 35.5. The first kappa shape index (κ1) is 26.8. The molecular weight excluding hydrogens is 531 g/mol. The normalized spacial score (nSPS) is 15.0. The Morgan fingerprint density at radius 1 is 0.946 bits per heavy atom. The number of thiocarbonyl (C=S) groups is 1. The lowest BCUT2D eigenvalue weighted by Gasteiger charge is -2.31. The monoisotopic (exact) mass is 556 g/mol. The van der Waals surface area contributed by atoms with Crippen LogP contribution in [0.5, 0.6) is 11.5 Å². The molecule has 37 heavy (non-hydrogen) atoms. The highest BCUT2D eigenvalue weighted by molar-refractivity contribution is 7.80. The predicted octanol–water partition coefficient (Wildman–Crippen LogP) is 6.46. The summed E-state index contributed by atoms with van der Waals surface area (Å²) in [5, 5.41) is 7.83. The maximum Gasteiger partial charge on any atom is 0.338 e. The average molecular weight is 557 g/mol. The van der Waals surface area contributed by atoms with Gasteiger partial charge in [-0.1, -0.05) is 65.7 Å². The predicted molar refractivity (Wildman–Crippen MR) is 150 cm³/mol. The zero-order valence-electron chi connectivity index (χ0n) is 20.3. The minimum absolute atomic E-state index is 0.233. The summed E-state index contributed by atoms with van der Waals surface area (Å²) >= 11 is 17.8. The van der Waals surface area contributed by atoms with E-state index in [4.69, 9.17) is 49.6 Å². The number of rotatable bonds is 9. The van der Waals surface area contributed by atoms with E-state index >= 15 is 0 Å². The number of nitrogens with one attached hydrogen (secondary N) is 2. The number of ether oxygens (including phenoxy) is 3. The average Bonchev–Trinajstić information content (AvgIpc) is 2.89. The molecule has 0 aromatic heterocycles. The Balaban J connectivity index is 1.72. The number of carbonyl (C=O) groups excluding carboxylic acids is 1. The molecule has 0 radical (unpaired) electrons. The van der Waals surface area contributed by atoms with E-state index in [1.807, 2.05) is 61.5 Å². The van der Waals surface area contributed by atoms with Crippen molar-refractivity contribution in [2.45, 2.75) is 26.5 Å². The molecule has 6 nitrogen and oxygen atoms in total. The third-order valence-corrected chi connectivity index (χ3v) is 6.44. The minimum Gasteiger partial charge on any atom is -0.490 e. The van der Waals surface area contributed by atoms with Gasteiger partial charge in [0.25, 0.3) is 0 Å². The van der Waals surface area contributed by atoms with Crippen LogP contribution in [-0.2, 0) is 16.1 Å². The summed E-state index contributed by atoms with van der Waals surface area (Å²) in [5.41, 5.74) is 3.40. The Kier molecular flexibility index (Phi) is 8.92. The van der Waals surface area contributed by atoms with E-state index < -0.39 is 12.0 Å². The van der Waals surface area contributed by atoms with Crippen LogP contribution in [0.25, 0.3) is 5.70 Å². The fraction of sp³-hybridized carbons (Fsp3) is 0.214. The van der Waals surface area contributed by atoms with Gasteiger partial charge in [-0.05, 0) is 61.5 Å². The molecule has 9 heteroatoms. The number of benzene rings is 3. The molecule has 192 valence electrons. The summed E-state index contributed by atoms with van der Waals surface area (Å²) in [6.07, 6.45) is 0. The van der Waals surface area contributed by atoms with Crippen molar-refractivity contribution in [2.75, 3.05) is 13.2 Å². The van der Waals surface area contributed by atoms with Gasteiger partial charge in [-0.15, -0.1) is 0 Å². The standard InChI is InChI=1S/C28H26Cl2N2O4S/c1-3-34-23-14-18(11-13-22(23)36-16-19-10-12-20(29)15-21(19)30)26-24(27(33)35-4-2)25(31-28(37)32-26)17-8-6-5-7-9-17/h5-15,26H,3-4,16H2,1-2H3,(H2,31,32,37)/t26-/m1/s1. The Hall–Kier alpha value is -3.26. The first-order valence-corrected chi connectivity index (χ1v) is 12.9. The molecule has 0 aliphatic carbocycles. The molecule has 1 heterocycles. The van der Waals surface area contributed by atoms with Crippen molar-refractivity contribution in [3.63, 3.8) is 0 Å². The van der Waals surface area contributed by atoms with Crippen LogP contribution in [0, 0.1) is 0 Å². The molecule has 0 unspecified atom stereocenters. The van der Waals surface area contributed by atoms with Crippen molar-refractivity contribution in [3.8, 4) is 11.5 Å². The lowest BCUT2D eigenvalue weighted by Crippen LogP contribution is -2.45. The van der Waals surface area contributed by atoms with E-state index in [9.17, 15) is 4.79 Å². The van der Waals surface area contributed by atoms with Crippen LogP contribution in [-0.4, -0.2) is 24.3 Å². The lowest BCUT2D eigenvalue weighted by molar-refractivity contribution is -0.138. The maximum atomic E-state index is 13.2. The third-order valence-electron chi connectivity index (χ3n) is 5.63. The molecule has 0 fully saturated rings. The first-order valence-electron chi connectivity index (χ1n) is 11.8. The molecule has 0 saturated carbocycles. The van der Waals surface area contributed by atoms with Gasteiger partial charge in [-0.3, -0.25) is 0 Å². The largest absolute Gasteiger partial charge is 0.490 e. The Morgan fingerprint density at radius 3 is 2.43 bits per heavy atom. The first-order chi connectivity index (χ1) is 17.9. The summed E-state index contributed by atoms with van der Waals surface area (Å²) in [6, 6.07) is 19.8. The van der Waals surface area contributed by atoms with Crippen molar-refractivity contribution in [1.82, 2.24) is 10.6 Å². The van der Waals surface area contributed by atoms with Crippen LogP contribution < -0.4 is 20.1 Å². The molecule has 1 aliphatic heterocycles. The number of carbonyl (C=O) groups is 1. The molecule has 2 N–H and O–H groups in total. The van der Waals surface area contributed by atoms with E-state index in [-0.39, 0.29) is 13.2 Å². The van der Waals surface area contributed by atoms with Gasteiger partial charge in [0.15, 0.2) is 16.6 Å². The van der Waals surface area contributed by atoms with Gasteiger partial charge in [-0.2, -0.15) is 0 Å². The fourth-order valence-electron chi connectivity index (χ4n) is 3.96. The van der Waals surface area contributed by atoms with Crippen LogP contribution >= 0.6 is 35.4 Å². The topological polar surface area (TPSA) is 68.8 Å². The molecule has 1 atom stereocenters. The van der Waals surface area contributed by atoms with Gasteiger partial charge in [0.2, 0.25) is 0 Å². The Morgan fingerprint density at radius 2 is 1.73 bits per heavy atom. The fourth-order valence-corrected chi connectivity index (χ4v) is 4.64. The van der Waals surface area contributed by atoms with Gasteiger partial charge < -0.3 is 24.8 Å². The van der Waals surface area contributed by atoms with E-state index in [1.54, 1.807) is 19.1 Å². The number of esters is 1. The van der Waals surface area contributed by atoms with Gasteiger partial charge in [0.05, 0.1) is 30.5 Å². The van der Waals surface area contributed by atoms with Crippen LogP contribution in [0.4, 0.5) is 0 Å². The van der Waals surface area contributed by atoms with Crippen molar-refractivity contribution < 1.29 is 19.0 Å². The molecule has 3 aromatic rings. The Bertz CT molecular complexity index is 1330. The van der Waals surface area contributed by atoms with E-state index in [0.717, 1.165) is 16.7 Å². The minimum atomic E-state index is -0.568. The SMILES string of the molecule is CCOC(=O)C1=C(c2ccccc2)NC(=S)N[C@@H]1c1ccc(OCc2ccc(Cl)cc2Cl)c(OCC)c1. The summed E-state index contributed by atoms with van der Waals surface area (Å²) in [4.78, 5) is 13.2. The zero-order chi connectivity index (χ0) is 26.4. The number of hydrogen-bond acceptors (Lipinski definition) is 5. The van der Waals surface area contributed by atoms with E-state index in [1.165, 1.54) is 0 Å². The van der Waals surface area contributed by atoms with Gasteiger partial charge in [-0.25, -0.2) is 4.79 Å². The third kappa shape index (κ3) is 6.36. The zero-order valence-corrected chi connectivity index (χ0v) is 22.7. The molecule has 0 amide bonds. The van der Waals surface area contributed by atoms with Crippen molar-refractivity contribution in [3.05, 3.63) is 99.0 Å². The van der Waals surface area contributed by atoms with Crippen LogP contribution in [0.1, 0.15) is 36.6 Å². The highest BCUT2D eigenvalue weighted by Crippen LogP contribution is 2.37. The molecule has 4 rings (SSSR count). The van der Waals surface area contributed by atoms with Gasteiger partial charge in [0.1, 0.15) is 6.61 Å². The summed E-state index contributed by atoms with van der Waals surface area (Å²) in [7, 11) is 0. The van der Waals surface area contributed by atoms with Crippen LogP contribution in [0.15, 0.2) is 72.3 Å². The smallest absolute Gasteiger partial charge is 0.338 e. The number of halogens is 2. The molecule has 3 aromatic carbocycles. The Labute approximate surface area is 231 Å². The number of hydrogen-bond donors (Lipinski definition) is 2. The lowest BCUT2D eigenvalue weighted by atomic mass is 9.92. The second kappa shape index (κ2) is 12.3. The second-order valence-corrected chi connectivity index (χ2v) is 9.32. The van der Waals surface area contributed by atoms with E-state index in [2.05, 4.69) is 10.6 Å². The summed E-state index contributed by atoms with van der Waals surface area (Å²) < 4.78 is 17.4. The maximum absolute atomic E-state index is 13.2. The van der Waals surface area contributed by atoms with Crippen molar-refractivity contribution >= 4 is 52.2 Å². The van der Waals surface area contributed by atoms with E-state index in [0.29, 0.717) is 44.5 Å². The summed E-state index contributed by atoms with van der Waals surface area (Å²) in [6.45, 7) is 4.57. The van der Waals surface area contributed by atoms with Crippen molar-refractivity contribution in [2.24, 2.45) is 0 Å².